The van der Waals surface area contributed by atoms with E-state index in [2.05, 4.69) is 20.3 Å². The van der Waals surface area contributed by atoms with E-state index in [1.807, 2.05) is 47.1 Å². The number of carbonyl (C=O) groups is 1. The van der Waals surface area contributed by atoms with Crippen molar-refractivity contribution >= 4 is 28.7 Å². The third kappa shape index (κ3) is 4.79. The lowest BCUT2D eigenvalue weighted by atomic mass is 10.2. The first-order valence-electron chi connectivity index (χ1n) is 11.4. The second kappa shape index (κ2) is 10.1. The Morgan fingerprint density at radius 1 is 1.14 bits per heavy atom. The van der Waals surface area contributed by atoms with Crippen LogP contribution in [0, 0.1) is 0 Å². The second-order valence-electron chi connectivity index (χ2n) is 8.16. The number of hydrogen-bond donors (Lipinski definition) is 1. The highest BCUT2D eigenvalue weighted by atomic mass is 16.5. The number of carbonyl (C=O) groups excluding carboxylic acids is 1. The quantitative estimate of drug-likeness (QED) is 0.458. The van der Waals surface area contributed by atoms with Gasteiger partial charge in [-0.25, -0.2) is 14.3 Å². The number of methoxy groups -OCH3 is 1. The molecular weight excluding hydrogens is 446 g/mol. The number of aromatic nitrogens is 4. The van der Waals surface area contributed by atoms with Gasteiger partial charge in [-0.05, 0) is 48.5 Å². The summed E-state index contributed by atoms with van der Waals surface area (Å²) < 4.78 is 12.5. The number of hydrogen-bond acceptors (Lipinski definition) is 7. The highest BCUT2D eigenvalue weighted by Gasteiger charge is 2.19. The van der Waals surface area contributed by atoms with Gasteiger partial charge in [-0.3, -0.25) is 9.88 Å². The highest BCUT2D eigenvalue weighted by molar-refractivity contribution is 6.01. The summed E-state index contributed by atoms with van der Waals surface area (Å²) in [7, 11) is 3.31. The minimum Gasteiger partial charge on any atom is -0.378 e. The van der Waals surface area contributed by atoms with Crippen molar-refractivity contribution in [2.75, 3.05) is 55.6 Å². The molecule has 1 aliphatic heterocycles. The summed E-state index contributed by atoms with van der Waals surface area (Å²) in [5.74, 6) is 1.51. The number of fused-ring (bicyclic) bond motifs is 1. The molecule has 1 N–H and O–H groups in total. The van der Waals surface area contributed by atoms with Crippen molar-refractivity contribution in [3.8, 4) is 11.4 Å². The van der Waals surface area contributed by atoms with E-state index in [0.29, 0.717) is 37.0 Å². The maximum atomic E-state index is 12.9. The molecule has 1 saturated heterocycles. The molecule has 180 valence electrons. The molecule has 3 aromatic heterocycles. The highest BCUT2D eigenvalue weighted by Crippen LogP contribution is 2.26. The van der Waals surface area contributed by atoms with Crippen LogP contribution in [0.15, 0.2) is 60.9 Å². The second-order valence-corrected chi connectivity index (χ2v) is 8.16. The van der Waals surface area contributed by atoms with E-state index in [-0.39, 0.29) is 6.03 Å². The minimum atomic E-state index is -0.275. The van der Waals surface area contributed by atoms with Crippen molar-refractivity contribution in [2.45, 2.75) is 6.61 Å². The van der Waals surface area contributed by atoms with Crippen LogP contribution in [0.2, 0.25) is 0 Å². The molecule has 1 aromatic carbocycles. The molecule has 0 aliphatic carbocycles. The zero-order valence-corrected chi connectivity index (χ0v) is 19.7. The lowest BCUT2D eigenvalue weighted by Gasteiger charge is -2.28. The molecule has 35 heavy (non-hydrogen) atoms. The molecule has 1 fully saturated rings. The van der Waals surface area contributed by atoms with Crippen LogP contribution in [0.3, 0.4) is 0 Å². The van der Waals surface area contributed by atoms with Gasteiger partial charge >= 0.3 is 6.03 Å². The average Bonchev–Trinajstić information content (AvgIpc) is 3.38. The van der Waals surface area contributed by atoms with Crippen LogP contribution in [0.5, 0.6) is 0 Å². The number of benzene rings is 1. The number of morpholine rings is 1. The Bertz CT molecular complexity index is 1320. The first kappa shape index (κ1) is 22.8. The van der Waals surface area contributed by atoms with Crippen LogP contribution >= 0.6 is 0 Å². The van der Waals surface area contributed by atoms with E-state index in [1.165, 1.54) is 0 Å². The molecule has 0 saturated carbocycles. The minimum absolute atomic E-state index is 0.275. The van der Waals surface area contributed by atoms with Crippen molar-refractivity contribution in [1.82, 2.24) is 19.6 Å². The Kier molecular flexibility index (Phi) is 6.55. The zero-order valence-electron chi connectivity index (χ0n) is 19.7. The van der Waals surface area contributed by atoms with Crippen molar-refractivity contribution in [2.24, 2.45) is 0 Å². The van der Waals surface area contributed by atoms with Crippen LogP contribution in [0.25, 0.3) is 16.9 Å². The normalized spacial score (nSPS) is 13.7. The van der Waals surface area contributed by atoms with Crippen molar-refractivity contribution in [3.63, 3.8) is 0 Å². The molecule has 0 bridgehead atoms. The van der Waals surface area contributed by atoms with Crippen molar-refractivity contribution < 1.29 is 14.3 Å². The summed E-state index contributed by atoms with van der Waals surface area (Å²) in [6, 6.07) is 14.9. The molecule has 1 aliphatic rings. The number of nitrogens with one attached hydrogen (secondary N) is 1. The Morgan fingerprint density at radius 2 is 1.94 bits per heavy atom. The number of anilines is 3. The lowest BCUT2D eigenvalue weighted by Crippen LogP contribution is -2.37. The number of urea groups is 1. The van der Waals surface area contributed by atoms with Gasteiger partial charge in [-0.2, -0.15) is 0 Å². The first-order chi connectivity index (χ1) is 17.1. The summed E-state index contributed by atoms with van der Waals surface area (Å²) in [5.41, 5.74) is 3.85. The van der Waals surface area contributed by atoms with Crippen LogP contribution in [-0.2, 0) is 16.1 Å². The fourth-order valence-corrected chi connectivity index (χ4v) is 4.00. The Labute approximate surface area is 203 Å². The molecule has 0 radical (unpaired) electrons. The van der Waals surface area contributed by atoms with Crippen molar-refractivity contribution in [3.05, 3.63) is 66.6 Å². The largest absolute Gasteiger partial charge is 0.378 e. The third-order valence-corrected chi connectivity index (χ3v) is 5.91. The SMILES string of the molecule is COCc1ncccc1NC(=O)N(C)c1ccc(-c2nc(N3CCOCC3)c3cccn3n2)cc1. The average molecular weight is 474 g/mol. The van der Waals surface area contributed by atoms with Crippen LogP contribution in [0.1, 0.15) is 5.69 Å². The molecule has 2 amide bonds. The molecule has 5 rings (SSSR count). The van der Waals surface area contributed by atoms with E-state index < -0.39 is 0 Å². The van der Waals surface area contributed by atoms with E-state index >= 15 is 0 Å². The Morgan fingerprint density at radius 3 is 2.71 bits per heavy atom. The van der Waals surface area contributed by atoms with Gasteiger partial charge in [0.05, 0.1) is 31.2 Å². The van der Waals surface area contributed by atoms with Crippen molar-refractivity contribution in [1.29, 1.82) is 0 Å². The van der Waals surface area contributed by atoms with Gasteiger partial charge in [0.15, 0.2) is 11.6 Å². The van der Waals surface area contributed by atoms with Crippen LogP contribution in [-0.4, -0.2) is 66.1 Å². The fraction of sp³-hybridized carbons (Fsp3) is 0.280. The van der Waals surface area contributed by atoms with Gasteiger partial charge in [0.1, 0.15) is 5.52 Å². The number of nitrogens with zero attached hydrogens (tertiary/aromatic N) is 6. The van der Waals surface area contributed by atoms with Gasteiger partial charge in [-0.15, -0.1) is 5.10 Å². The van der Waals surface area contributed by atoms with E-state index in [4.69, 9.17) is 14.5 Å². The number of amides is 2. The predicted octanol–water partition coefficient (Wildman–Crippen LogP) is 3.44. The first-order valence-corrected chi connectivity index (χ1v) is 11.4. The molecule has 10 nitrogen and oxygen atoms in total. The smallest absolute Gasteiger partial charge is 0.326 e. The topological polar surface area (TPSA) is 97.1 Å². The molecule has 0 spiro atoms. The maximum Gasteiger partial charge on any atom is 0.326 e. The summed E-state index contributed by atoms with van der Waals surface area (Å²) in [4.78, 5) is 25.8. The number of ether oxygens (including phenoxy) is 2. The number of rotatable bonds is 6. The van der Waals surface area contributed by atoms with Crippen LogP contribution < -0.4 is 15.1 Å². The molecule has 0 atom stereocenters. The van der Waals surface area contributed by atoms with Crippen LogP contribution in [0.4, 0.5) is 22.0 Å². The Balaban J connectivity index is 1.36. The standard InChI is InChI=1S/C25H27N7O3/c1-30(25(33)27-20-5-3-11-26-21(20)17-34-2)19-9-7-18(8-10-19)23-28-24(31-13-15-35-16-14-31)22-6-4-12-32(22)29-23/h3-12H,13-17H2,1-2H3,(H,27,33). The fourth-order valence-electron chi connectivity index (χ4n) is 4.00. The van der Waals surface area contributed by atoms with Gasteiger partial charge in [-0.1, -0.05) is 0 Å². The molecular formula is C25H27N7O3. The Hall–Kier alpha value is -4.02. The van der Waals surface area contributed by atoms with E-state index in [1.54, 1.807) is 37.4 Å². The lowest BCUT2D eigenvalue weighted by molar-refractivity contribution is 0.122. The maximum absolute atomic E-state index is 12.9. The van der Waals surface area contributed by atoms with Gasteiger partial charge in [0, 0.05) is 50.9 Å². The molecule has 4 heterocycles. The number of pyridine rings is 1. The molecule has 0 unspecified atom stereocenters. The van der Waals surface area contributed by atoms with Gasteiger partial charge < -0.3 is 19.7 Å². The summed E-state index contributed by atoms with van der Waals surface area (Å²) in [6.07, 6.45) is 3.59. The van der Waals surface area contributed by atoms with Gasteiger partial charge in [0.2, 0.25) is 0 Å². The molecule has 10 heteroatoms. The van der Waals surface area contributed by atoms with Gasteiger partial charge in [0.25, 0.3) is 0 Å². The predicted molar refractivity (Wildman–Crippen MR) is 134 cm³/mol. The molecule has 4 aromatic rings. The summed E-state index contributed by atoms with van der Waals surface area (Å²) in [5, 5.41) is 7.59. The third-order valence-electron chi connectivity index (χ3n) is 5.91. The monoisotopic (exact) mass is 473 g/mol. The zero-order chi connectivity index (χ0) is 24.2. The van der Waals surface area contributed by atoms with E-state index in [0.717, 1.165) is 35.7 Å². The summed E-state index contributed by atoms with van der Waals surface area (Å²) in [6.45, 7) is 3.26. The summed E-state index contributed by atoms with van der Waals surface area (Å²) >= 11 is 0. The van der Waals surface area contributed by atoms with E-state index in [9.17, 15) is 4.79 Å².